The molecule has 2 N–H and O–H groups in total. The van der Waals surface area contributed by atoms with Gasteiger partial charge in [0.25, 0.3) is 5.91 Å². The van der Waals surface area contributed by atoms with E-state index in [1.807, 2.05) is 41.1 Å². The van der Waals surface area contributed by atoms with Crippen LogP contribution < -0.4 is 15.5 Å². The minimum absolute atomic E-state index is 0.0927. The van der Waals surface area contributed by atoms with Crippen LogP contribution in [0.4, 0.5) is 0 Å². The maximum atomic E-state index is 12.5. The lowest BCUT2D eigenvalue weighted by Crippen LogP contribution is -2.32. The summed E-state index contributed by atoms with van der Waals surface area (Å²) in [6.45, 7) is 1.28. The van der Waals surface area contributed by atoms with Gasteiger partial charge in [-0.05, 0) is 37.8 Å². The molecule has 4 rings (SSSR count). The largest absolute Gasteiger partial charge is 0.497 e. The number of fused-ring (bicyclic) bond motifs is 1. The van der Waals surface area contributed by atoms with Crippen molar-refractivity contribution in [1.29, 1.82) is 0 Å². The minimum Gasteiger partial charge on any atom is -0.497 e. The van der Waals surface area contributed by atoms with Crippen LogP contribution in [-0.2, 0) is 14.4 Å². The van der Waals surface area contributed by atoms with E-state index in [-0.39, 0.29) is 18.1 Å². The number of hydrogen-bond acceptors (Lipinski definition) is 7. The van der Waals surface area contributed by atoms with E-state index in [2.05, 4.69) is 15.8 Å². The van der Waals surface area contributed by atoms with E-state index < -0.39 is 0 Å². The molecule has 1 aromatic carbocycles. The molecule has 0 saturated carbocycles. The molecule has 1 aliphatic rings. The molecule has 0 spiro atoms. The van der Waals surface area contributed by atoms with Crippen LogP contribution in [-0.4, -0.2) is 47.8 Å². The summed E-state index contributed by atoms with van der Waals surface area (Å²) in [5, 5.41) is 2.97. The lowest BCUT2D eigenvalue weighted by Gasteiger charge is -2.22. The molecule has 2 aromatic heterocycles. The third-order valence-electron chi connectivity index (χ3n) is 5.80. The van der Waals surface area contributed by atoms with Crippen LogP contribution in [0.5, 0.6) is 5.75 Å². The molecular formula is C25H32N4O5S. The van der Waals surface area contributed by atoms with Crippen molar-refractivity contribution in [3.8, 4) is 17.0 Å². The van der Waals surface area contributed by atoms with Crippen LogP contribution in [0.3, 0.4) is 0 Å². The summed E-state index contributed by atoms with van der Waals surface area (Å²) in [6, 6.07) is 7.74. The van der Waals surface area contributed by atoms with Gasteiger partial charge in [0.15, 0.2) is 11.3 Å². The van der Waals surface area contributed by atoms with E-state index in [4.69, 9.17) is 14.3 Å². The number of carbonyl (C=O) groups is 2. The Balaban J connectivity index is 1.11. The molecule has 3 aromatic rings. The fourth-order valence-electron chi connectivity index (χ4n) is 3.86. The molecule has 1 fully saturated rings. The number of rotatable bonds is 12. The summed E-state index contributed by atoms with van der Waals surface area (Å²) >= 11 is 1.36. The first-order chi connectivity index (χ1) is 17.1. The normalized spacial score (nSPS) is 15.7. The molecule has 2 amide bonds. The molecule has 10 heteroatoms. The molecule has 0 aliphatic carbocycles. The molecule has 1 saturated heterocycles. The van der Waals surface area contributed by atoms with Crippen LogP contribution in [0, 0.1) is 0 Å². The van der Waals surface area contributed by atoms with Gasteiger partial charge in [-0.15, -0.1) is 0 Å². The first-order valence-corrected chi connectivity index (χ1v) is 12.9. The van der Waals surface area contributed by atoms with Gasteiger partial charge in [-0.25, -0.2) is 15.3 Å². The summed E-state index contributed by atoms with van der Waals surface area (Å²) in [6.07, 6.45) is 10.3. The van der Waals surface area contributed by atoms with Crippen LogP contribution in [0.25, 0.3) is 16.2 Å². The average molecular weight is 501 g/mol. The summed E-state index contributed by atoms with van der Waals surface area (Å²) in [5.74, 6) is 0.565. The zero-order valence-electron chi connectivity index (χ0n) is 20.0. The molecule has 188 valence electrons. The van der Waals surface area contributed by atoms with Crippen molar-refractivity contribution >= 4 is 28.1 Å². The van der Waals surface area contributed by atoms with Gasteiger partial charge in [0, 0.05) is 44.0 Å². The number of amides is 2. The number of imidazole rings is 1. The topological polar surface area (TPSA) is 103 Å². The van der Waals surface area contributed by atoms with Crippen molar-refractivity contribution in [1.82, 2.24) is 20.2 Å². The highest BCUT2D eigenvalue weighted by Crippen LogP contribution is 2.26. The number of carbonyl (C=O) groups excluding carboxylic acids is 2. The monoisotopic (exact) mass is 500 g/mol. The van der Waals surface area contributed by atoms with Gasteiger partial charge in [0.2, 0.25) is 5.91 Å². The Morgan fingerprint density at radius 3 is 2.89 bits per heavy atom. The van der Waals surface area contributed by atoms with Crippen molar-refractivity contribution in [3.05, 3.63) is 41.5 Å². The molecule has 3 heterocycles. The first-order valence-electron chi connectivity index (χ1n) is 12.1. The number of hydroxylamine groups is 1. The molecule has 1 aliphatic heterocycles. The van der Waals surface area contributed by atoms with Crippen LogP contribution in [0.15, 0.2) is 36.7 Å². The fraction of sp³-hybridized carbons (Fsp3) is 0.480. The summed E-state index contributed by atoms with van der Waals surface area (Å²) in [4.78, 5) is 35.7. The number of methoxy groups -OCH3 is 1. The Morgan fingerprint density at radius 2 is 2.09 bits per heavy atom. The molecule has 0 bridgehead atoms. The highest BCUT2D eigenvalue weighted by molar-refractivity contribution is 7.18. The minimum atomic E-state index is -0.320. The Morgan fingerprint density at radius 1 is 1.20 bits per heavy atom. The summed E-state index contributed by atoms with van der Waals surface area (Å²) in [7, 11) is 1.64. The smallest absolute Gasteiger partial charge is 0.263 e. The Hall–Kier alpha value is -2.95. The Kier molecular flexibility index (Phi) is 9.10. The molecule has 1 unspecified atom stereocenters. The van der Waals surface area contributed by atoms with Gasteiger partial charge >= 0.3 is 0 Å². The van der Waals surface area contributed by atoms with Gasteiger partial charge in [-0.3, -0.25) is 14.0 Å². The van der Waals surface area contributed by atoms with Gasteiger partial charge in [-0.2, -0.15) is 0 Å². The second kappa shape index (κ2) is 12.7. The van der Waals surface area contributed by atoms with Crippen LogP contribution in [0.2, 0.25) is 0 Å². The Bertz CT molecular complexity index is 1090. The first kappa shape index (κ1) is 25.2. The van der Waals surface area contributed by atoms with E-state index in [0.717, 1.165) is 66.9 Å². The summed E-state index contributed by atoms with van der Waals surface area (Å²) < 4.78 is 12.6. The second-order valence-electron chi connectivity index (χ2n) is 8.50. The van der Waals surface area contributed by atoms with E-state index in [9.17, 15) is 9.59 Å². The average Bonchev–Trinajstić information content (AvgIpc) is 3.47. The number of nitrogens with zero attached hydrogens (tertiary/aromatic N) is 2. The van der Waals surface area contributed by atoms with Gasteiger partial charge in [-0.1, -0.05) is 36.3 Å². The zero-order valence-corrected chi connectivity index (χ0v) is 20.8. The molecular weight excluding hydrogens is 468 g/mol. The van der Waals surface area contributed by atoms with Gasteiger partial charge in [0.05, 0.1) is 12.8 Å². The predicted octanol–water partition coefficient (Wildman–Crippen LogP) is 4.33. The van der Waals surface area contributed by atoms with Gasteiger partial charge < -0.3 is 14.8 Å². The van der Waals surface area contributed by atoms with E-state index in [0.29, 0.717) is 24.4 Å². The maximum absolute atomic E-state index is 12.5. The standard InChI is InChI=1S/C25H32N4O5S/c1-32-19-10-8-9-18(15-19)20-16-29-17-21(35-25(29)27-20)24(31)26-13-6-3-2-4-11-22(30)28-34-23-12-5-7-14-33-23/h8-10,15-17,23H,2-7,11-14H2,1H3,(H,26,31)(H,28,30). The third kappa shape index (κ3) is 7.27. The van der Waals surface area contributed by atoms with Crippen molar-refractivity contribution in [2.24, 2.45) is 0 Å². The Labute approximate surface area is 208 Å². The van der Waals surface area contributed by atoms with E-state index in [1.165, 1.54) is 11.3 Å². The quantitative estimate of drug-likeness (QED) is 0.284. The molecule has 35 heavy (non-hydrogen) atoms. The van der Waals surface area contributed by atoms with Crippen LogP contribution in [0.1, 0.15) is 61.0 Å². The molecule has 9 nitrogen and oxygen atoms in total. The van der Waals surface area contributed by atoms with Gasteiger partial charge in [0.1, 0.15) is 10.6 Å². The fourth-order valence-corrected chi connectivity index (χ4v) is 4.74. The van der Waals surface area contributed by atoms with Crippen molar-refractivity contribution in [2.45, 2.75) is 57.7 Å². The number of benzene rings is 1. The van der Waals surface area contributed by atoms with Crippen molar-refractivity contribution in [2.75, 3.05) is 20.3 Å². The second-order valence-corrected chi connectivity index (χ2v) is 9.51. The number of aromatic nitrogens is 2. The maximum Gasteiger partial charge on any atom is 0.263 e. The lowest BCUT2D eigenvalue weighted by molar-refractivity contribution is -0.200. The number of unbranched alkanes of at least 4 members (excludes halogenated alkanes) is 3. The van der Waals surface area contributed by atoms with E-state index >= 15 is 0 Å². The number of nitrogens with one attached hydrogen (secondary N) is 2. The summed E-state index contributed by atoms with van der Waals surface area (Å²) in [5.41, 5.74) is 4.29. The molecule has 0 radical (unpaired) electrons. The third-order valence-corrected chi connectivity index (χ3v) is 6.80. The van der Waals surface area contributed by atoms with Crippen LogP contribution >= 0.6 is 11.3 Å². The zero-order chi connectivity index (χ0) is 24.5. The SMILES string of the molecule is COc1cccc(-c2cn3cc(C(=O)NCCCCCCC(=O)NOC4CCCCO4)sc3n2)c1. The number of hydrogen-bond donors (Lipinski definition) is 2. The lowest BCUT2D eigenvalue weighted by atomic mass is 10.1. The highest BCUT2D eigenvalue weighted by Gasteiger charge is 2.16. The number of thiazole rings is 1. The van der Waals surface area contributed by atoms with Crippen molar-refractivity contribution < 1.29 is 23.9 Å². The predicted molar refractivity (Wildman–Crippen MR) is 133 cm³/mol. The molecule has 1 atom stereocenters. The highest BCUT2D eigenvalue weighted by atomic mass is 32.1. The van der Waals surface area contributed by atoms with E-state index in [1.54, 1.807) is 7.11 Å². The van der Waals surface area contributed by atoms with Crippen molar-refractivity contribution in [3.63, 3.8) is 0 Å². The number of ether oxygens (including phenoxy) is 2.